The fraction of sp³-hybridized carbons (Fsp3) is 0.600. The second-order valence-corrected chi connectivity index (χ2v) is 9.83. The van der Waals surface area contributed by atoms with E-state index in [1.165, 1.54) is 20.7 Å². The molecule has 0 N–H and O–H groups in total. The predicted molar refractivity (Wildman–Crippen MR) is 91.5 cm³/mol. The van der Waals surface area contributed by atoms with Gasteiger partial charge in [-0.05, 0) is 43.5 Å². The van der Waals surface area contributed by atoms with Crippen molar-refractivity contribution >= 4 is 25.7 Å². The minimum Gasteiger partial charge on any atom is -0.270 e. The van der Waals surface area contributed by atoms with Crippen molar-refractivity contribution < 1.29 is 16.8 Å². The van der Waals surface area contributed by atoms with Gasteiger partial charge >= 0.3 is 0 Å². The second kappa shape index (κ2) is 7.19. The number of nitrogens with zero attached hydrogens (tertiary/aromatic N) is 2. The standard InChI is InChI=1S/C15H24N2O4S2/c1-3-4-11-16(2)23(20,21)15-9-7-14(8-10-15)17-12-5-6-13-22(17,18)19/h7-10H,3-6,11-13H2,1-2H3. The van der Waals surface area contributed by atoms with Gasteiger partial charge in [0.1, 0.15) is 0 Å². The first-order valence-corrected chi connectivity index (χ1v) is 10.9. The molecule has 0 bridgehead atoms. The van der Waals surface area contributed by atoms with Crippen LogP contribution in [0.1, 0.15) is 32.6 Å². The van der Waals surface area contributed by atoms with Crippen molar-refractivity contribution in [1.29, 1.82) is 0 Å². The van der Waals surface area contributed by atoms with E-state index in [0.29, 0.717) is 25.2 Å². The van der Waals surface area contributed by atoms with E-state index >= 15 is 0 Å². The lowest BCUT2D eigenvalue weighted by Crippen LogP contribution is -2.37. The van der Waals surface area contributed by atoms with Crippen molar-refractivity contribution in [1.82, 2.24) is 4.31 Å². The summed E-state index contributed by atoms with van der Waals surface area (Å²) in [7, 11) is -5.24. The van der Waals surface area contributed by atoms with E-state index in [1.54, 1.807) is 19.2 Å². The van der Waals surface area contributed by atoms with Crippen LogP contribution in [0, 0.1) is 0 Å². The van der Waals surface area contributed by atoms with Gasteiger partial charge in [0.15, 0.2) is 0 Å². The molecule has 0 aliphatic carbocycles. The number of benzene rings is 1. The summed E-state index contributed by atoms with van der Waals surface area (Å²) in [6.45, 7) is 2.93. The molecule has 1 heterocycles. The van der Waals surface area contributed by atoms with Crippen LogP contribution in [-0.2, 0) is 20.0 Å². The molecular formula is C15H24N2O4S2. The molecule has 0 atom stereocenters. The number of anilines is 1. The second-order valence-electron chi connectivity index (χ2n) is 5.77. The van der Waals surface area contributed by atoms with Gasteiger partial charge in [-0.3, -0.25) is 4.31 Å². The topological polar surface area (TPSA) is 74.8 Å². The fourth-order valence-electron chi connectivity index (χ4n) is 2.54. The van der Waals surface area contributed by atoms with Crippen molar-refractivity contribution in [3.8, 4) is 0 Å². The zero-order valence-electron chi connectivity index (χ0n) is 13.6. The minimum absolute atomic E-state index is 0.146. The highest BCUT2D eigenvalue weighted by molar-refractivity contribution is 7.92. The first kappa shape index (κ1) is 18.2. The van der Waals surface area contributed by atoms with Gasteiger partial charge in [0.2, 0.25) is 20.0 Å². The van der Waals surface area contributed by atoms with Gasteiger partial charge < -0.3 is 0 Å². The summed E-state index contributed by atoms with van der Waals surface area (Å²) in [5, 5.41) is 0. The predicted octanol–water partition coefficient (Wildman–Crippen LogP) is 2.04. The normalized spacial score (nSPS) is 18.3. The van der Waals surface area contributed by atoms with Crippen LogP contribution in [0.3, 0.4) is 0 Å². The van der Waals surface area contributed by atoms with E-state index in [9.17, 15) is 16.8 Å². The van der Waals surface area contributed by atoms with Crippen LogP contribution in [-0.4, -0.2) is 47.0 Å². The highest BCUT2D eigenvalue weighted by Gasteiger charge is 2.27. The lowest BCUT2D eigenvalue weighted by molar-refractivity contribution is 0.459. The van der Waals surface area contributed by atoms with Crippen molar-refractivity contribution in [3.05, 3.63) is 24.3 Å². The fourth-order valence-corrected chi connectivity index (χ4v) is 5.39. The maximum Gasteiger partial charge on any atom is 0.242 e. The van der Waals surface area contributed by atoms with E-state index in [0.717, 1.165) is 19.3 Å². The molecule has 1 fully saturated rings. The van der Waals surface area contributed by atoms with E-state index in [1.807, 2.05) is 6.92 Å². The zero-order valence-corrected chi connectivity index (χ0v) is 15.2. The molecule has 8 heteroatoms. The summed E-state index contributed by atoms with van der Waals surface area (Å²) in [4.78, 5) is 0.189. The lowest BCUT2D eigenvalue weighted by atomic mass is 10.3. The van der Waals surface area contributed by atoms with Gasteiger partial charge in [-0.25, -0.2) is 21.1 Å². The highest BCUT2D eigenvalue weighted by Crippen LogP contribution is 2.25. The maximum absolute atomic E-state index is 12.4. The molecule has 6 nitrogen and oxygen atoms in total. The minimum atomic E-state index is -3.52. The Morgan fingerprint density at radius 2 is 1.83 bits per heavy atom. The van der Waals surface area contributed by atoms with Crippen LogP contribution in [0.2, 0.25) is 0 Å². The monoisotopic (exact) mass is 360 g/mol. The zero-order chi connectivity index (χ0) is 17.1. The van der Waals surface area contributed by atoms with Crippen LogP contribution in [0.4, 0.5) is 5.69 Å². The molecular weight excluding hydrogens is 336 g/mol. The van der Waals surface area contributed by atoms with Crippen molar-refractivity contribution in [2.45, 2.75) is 37.5 Å². The Morgan fingerprint density at radius 1 is 1.17 bits per heavy atom. The van der Waals surface area contributed by atoms with Crippen molar-refractivity contribution in [2.75, 3.05) is 30.2 Å². The molecule has 130 valence electrons. The number of hydrogen-bond donors (Lipinski definition) is 0. The van der Waals surface area contributed by atoms with Crippen LogP contribution in [0.15, 0.2) is 29.2 Å². The Hall–Kier alpha value is -1.12. The Balaban J connectivity index is 2.22. The molecule has 23 heavy (non-hydrogen) atoms. The lowest BCUT2D eigenvalue weighted by Gasteiger charge is -2.28. The van der Waals surface area contributed by atoms with Gasteiger partial charge in [-0.1, -0.05) is 13.3 Å². The summed E-state index contributed by atoms with van der Waals surface area (Å²) in [5.41, 5.74) is 0.528. The summed E-state index contributed by atoms with van der Waals surface area (Å²) < 4.78 is 51.8. The third-order valence-electron chi connectivity index (χ3n) is 4.01. The van der Waals surface area contributed by atoms with Gasteiger partial charge in [0.05, 0.1) is 16.3 Å². The first-order valence-electron chi connectivity index (χ1n) is 7.86. The Bertz CT molecular complexity index is 727. The van der Waals surface area contributed by atoms with Crippen LogP contribution in [0.25, 0.3) is 0 Å². The van der Waals surface area contributed by atoms with Gasteiger partial charge in [0, 0.05) is 20.1 Å². The van der Waals surface area contributed by atoms with Crippen LogP contribution in [0.5, 0.6) is 0 Å². The summed E-state index contributed by atoms with van der Waals surface area (Å²) in [6, 6.07) is 6.11. The maximum atomic E-state index is 12.4. The SMILES string of the molecule is CCCCN(C)S(=O)(=O)c1ccc(N2CCCCS2(=O)=O)cc1. The third-order valence-corrected chi connectivity index (χ3v) is 7.75. The quantitative estimate of drug-likeness (QED) is 0.778. The molecule has 0 radical (unpaired) electrons. The molecule has 1 aromatic rings. The Morgan fingerprint density at radius 3 is 2.39 bits per heavy atom. The summed E-state index contributed by atoms with van der Waals surface area (Å²) in [6.07, 6.45) is 3.22. The smallest absolute Gasteiger partial charge is 0.242 e. The number of sulfonamides is 2. The molecule has 0 amide bonds. The highest BCUT2D eigenvalue weighted by atomic mass is 32.2. The summed E-state index contributed by atoms with van der Waals surface area (Å²) in [5.74, 6) is 0.146. The first-order chi connectivity index (χ1) is 10.8. The number of hydrogen-bond acceptors (Lipinski definition) is 4. The molecule has 2 rings (SSSR count). The molecule has 1 aliphatic rings. The average Bonchev–Trinajstić information content (AvgIpc) is 2.52. The molecule has 0 unspecified atom stereocenters. The van der Waals surface area contributed by atoms with E-state index in [4.69, 9.17) is 0 Å². The van der Waals surface area contributed by atoms with Crippen molar-refractivity contribution in [3.63, 3.8) is 0 Å². The van der Waals surface area contributed by atoms with E-state index in [-0.39, 0.29) is 10.6 Å². The molecule has 0 aromatic heterocycles. The molecule has 1 aliphatic heterocycles. The van der Waals surface area contributed by atoms with Crippen molar-refractivity contribution in [2.24, 2.45) is 0 Å². The largest absolute Gasteiger partial charge is 0.270 e. The molecule has 0 saturated carbocycles. The third kappa shape index (κ3) is 4.05. The van der Waals surface area contributed by atoms with E-state index in [2.05, 4.69) is 0 Å². The number of unbranched alkanes of at least 4 members (excludes halogenated alkanes) is 1. The Labute approximate surface area is 139 Å². The van der Waals surface area contributed by atoms with Gasteiger partial charge in [-0.15, -0.1) is 0 Å². The molecule has 0 spiro atoms. The van der Waals surface area contributed by atoms with Gasteiger partial charge in [-0.2, -0.15) is 0 Å². The Kier molecular flexibility index (Phi) is 5.70. The molecule has 1 saturated heterocycles. The molecule has 1 aromatic carbocycles. The van der Waals surface area contributed by atoms with Crippen LogP contribution < -0.4 is 4.31 Å². The van der Waals surface area contributed by atoms with Gasteiger partial charge in [0.25, 0.3) is 0 Å². The van der Waals surface area contributed by atoms with E-state index < -0.39 is 20.0 Å². The summed E-state index contributed by atoms with van der Waals surface area (Å²) >= 11 is 0. The van der Waals surface area contributed by atoms with Crippen LogP contribution >= 0.6 is 0 Å². The average molecular weight is 361 g/mol. The number of rotatable bonds is 6.